The van der Waals surface area contributed by atoms with Crippen LogP contribution in [0.15, 0.2) is 39.5 Å². The summed E-state index contributed by atoms with van der Waals surface area (Å²) < 4.78 is 9.88. The topological polar surface area (TPSA) is 85.6 Å². The highest BCUT2D eigenvalue weighted by molar-refractivity contribution is 5.94. The van der Waals surface area contributed by atoms with Crippen LogP contribution < -0.4 is 10.9 Å². The van der Waals surface area contributed by atoms with Crippen molar-refractivity contribution in [2.45, 2.75) is 18.9 Å². The number of esters is 1. The maximum atomic E-state index is 11.9. The van der Waals surface area contributed by atoms with Crippen molar-refractivity contribution >= 4 is 22.8 Å². The minimum absolute atomic E-state index is 0.196. The summed E-state index contributed by atoms with van der Waals surface area (Å²) in [5.41, 5.74) is -0.597. The molecular weight excluding hydrogens is 274 g/mol. The van der Waals surface area contributed by atoms with E-state index < -0.39 is 18.2 Å². The Morgan fingerprint density at radius 2 is 2.05 bits per heavy atom. The maximum absolute atomic E-state index is 11.9. The average molecular weight is 287 g/mol. The highest BCUT2D eigenvalue weighted by Gasteiger charge is 2.24. The smallest absolute Gasteiger partial charge is 0.351 e. The lowest BCUT2D eigenvalue weighted by Crippen LogP contribution is -2.31. The molecule has 1 aliphatic rings. The minimum atomic E-state index is -0.861. The average Bonchev–Trinajstić information content (AvgIpc) is 3.28. The Bertz CT molecular complexity index is 760. The van der Waals surface area contributed by atoms with Crippen molar-refractivity contribution in [3.63, 3.8) is 0 Å². The van der Waals surface area contributed by atoms with Gasteiger partial charge in [0.1, 0.15) is 11.1 Å². The SMILES string of the molecule is O=C(COC(=O)c1cc2ccccc2oc1=O)NC1CC1. The third-order valence-electron chi connectivity index (χ3n) is 3.14. The normalized spacial score (nSPS) is 13.9. The summed E-state index contributed by atoms with van der Waals surface area (Å²) in [6.07, 6.45) is 1.90. The Balaban J connectivity index is 1.72. The van der Waals surface area contributed by atoms with Gasteiger partial charge in [0, 0.05) is 11.4 Å². The molecular formula is C15H13NO5. The van der Waals surface area contributed by atoms with Gasteiger partial charge < -0.3 is 14.5 Å². The third-order valence-corrected chi connectivity index (χ3v) is 3.14. The molecule has 0 spiro atoms. The number of nitrogens with one attached hydrogen (secondary N) is 1. The van der Waals surface area contributed by atoms with Crippen molar-refractivity contribution in [1.82, 2.24) is 5.32 Å². The molecule has 1 N–H and O–H groups in total. The first-order valence-corrected chi connectivity index (χ1v) is 6.63. The summed E-state index contributed by atoms with van der Waals surface area (Å²) in [7, 11) is 0. The van der Waals surface area contributed by atoms with Crippen LogP contribution in [0.1, 0.15) is 23.2 Å². The zero-order valence-corrected chi connectivity index (χ0v) is 11.1. The molecule has 3 rings (SSSR count). The molecule has 1 aliphatic carbocycles. The quantitative estimate of drug-likeness (QED) is 0.675. The Kier molecular flexibility index (Phi) is 3.43. The third kappa shape index (κ3) is 3.10. The lowest BCUT2D eigenvalue weighted by molar-refractivity contribution is -0.124. The van der Waals surface area contributed by atoms with Gasteiger partial charge >= 0.3 is 11.6 Å². The number of carbonyl (C=O) groups excluding carboxylic acids is 2. The van der Waals surface area contributed by atoms with Gasteiger partial charge in [0.15, 0.2) is 6.61 Å². The molecule has 1 heterocycles. The number of amides is 1. The van der Waals surface area contributed by atoms with Crippen molar-refractivity contribution in [2.75, 3.05) is 6.61 Å². The molecule has 6 nitrogen and oxygen atoms in total. The molecule has 2 aromatic rings. The van der Waals surface area contributed by atoms with Crippen LogP contribution >= 0.6 is 0 Å². The fourth-order valence-electron chi connectivity index (χ4n) is 1.91. The number of hydrogen-bond acceptors (Lipinski definition) is 5. The number of benzene rings is 1. The second-order valence-electron chi connectivity index (χ2n) is 4.90. The van der Waals surface area contributed by atoms with Crippen molar-refractivity contribution in [1.29, 1.82) is 0 Å². The van der Waals surface area contributed by atoms with Crippen LogP contribution in [0.25, 0.3) is 11.0 Å². The standard InChI is InChI=1S/C15H13NO5/c17-13(16-10-5-6-10)8-20-14(18)11-7-9-3-1-2-4-12(9)21-15(11)19/h1-4,7,10H,5-6,8H2,(H,16,17). The van der Waals surface area contributed by atoms with Crippen molar-refractivity contribution in [3.05, 3.63) is 46.3 Å². The Labute approximate surface area is 119 Å². The van der Waals surface area contributed by atoms with Crippen LogP contribution in [0.4, 0.5) is 0 Å². The molecule has 108 valence electrons. The minimum Gasteiger partial charge on any atom is -0.452 e. The number of fused-ring (bicyclic) bond motifs is 1. The van der Waals surface area contributed by atoms with Crippen LogP contribution in [0.2, 0.25) is 0 Å². The van der Waals surface area contributed by atoms with Gasteiger partial charge in [-0.1, -0.05) is 18.2 Å². The zero-order chi connectivity index (χ0) is 14.8. The van der Waals surface area contributed by atoms with Crippen LogP contribution in [-0.2, 0) is 9.53 Å². The molecule has 6 heteroatoms. The first kappa shape index (κ1) is 13.4. The number of para-hydroxylation sites is 1. The first-order chi connectivity index (χ1) is 10.1. The fourth-order valence-corrected chi connectivity index (χ4v) is 1.91. The highest BCUT2D eigenvalue weighted by atomic mass is 16.5. The van der Waals surface area contributed by atoms with E-state index in [0.29, 0.717) is 11.0 Å². The molecule has 21 heavy (non-hydrogen) atoms. The molecule has 1 aromatic carbocycles. The first-order valence-electron chi connectivity index (χ1n) is 6.63. The molecule has 0 aliphatic heterocycles. The lowest BCUT2D eigenvalue weighted by Gasteiger charge is -2.05. The van der Waals surface area contributed by atoms with E-state index in [1.807, 2.05) is 0 Å². The van der Waals surface area contributed by atoms with Crippen LogP contribution in [-0.4, -0.2) is 24.5 Å². The summed E-state index contributed by atoms with van der Waals surface area (Å²) in [4.78, 5) is 35.0. The van der Waals surface area contributed by atoms with Crippen molar-refractivity contribution in [2.24, 2.45) is 0 Å². The maximum Gasteiger partial charge on any atom is 0.351 e. The van der Waals surface area contributed by atoms with E-state index in [-0.39, 0.29) is 17.5 Å². The summed E-state index contributed by atoms with van der Waals surface area (Å²) in [6, 6.07) is 8.44. The summed E-state index contributed by atoms with van der Waals surface area (Å²) >= 11 is 0. The van der Waals surface area contributed by atoms with Gasteiger partial charge in [-0.3, -0.25) is 4.79 Å². The van der Waals surface area contributed by atoms with Gasteiger partial charge in [-0.25, -0.2) is 9.59 Å². The van der Waals surface area contributed by atoms with Gasteiger partial charge in [0.25, 0.3) is 5.91 Å². The number of hydrogen-bond donors (Lipinski definition) is 1. The van der Waals surface area contributed by atoms with Gasteiger partial charge in [0.05, 0.1) is 0 Å². The van der Waals surface area contributed by atoms with E-state index in [2.05, 4.69) is 5.32 Å². The lowest BCUT2D eigenvalue weighted by atomic mass is 10.2. The van der Waals surface area contributed by atoms with E-state index >= 15 is 0 Å². The molecule has 1 saturated carbocycles. The van der Waals surface area contributed by atoms with Crippen LogP contribution in [0, 0.1) is 0 Å². The molecule has 0 saturated heterocycles. The molecule has 0 atom stereocenters. The van der Waals surface area contributed by atoms with Crippen molar-refractivity contribution in [3.8, 4) is 0 Å². The second kappa shape index (κ2) is 5.40. The number of ether oxygens (including phenoxy) is 1. The van der Waals surface area contributed by atoms with Crippen LogP contribution in [0.5, 0.6) is 0 Å². The Morgan fingerprint density at radius 1 is 1.29 bits per heavy atom. The number of rotatable bonds is 4. The predicted octanol–water partition coefficient (Wildman–Crippen LogP) is 1.23. The molecule has 1 fully saturated rings. The largest absolute Gasteiger partial charge is 0.452 e. The van der Waals surface area contributed by atoms with E-state index in [9.17, 15) is 14.4 Å². The molecule has 1 amide bonds. The number of carbonyl (C=O) groups is 2. The van der Waals surface area contributed by atoms with Gasteiger partial charge in [-0.2, -0.15) is 0 Å². The summed E-state index contributed by atoms with van der Waals surface area (Å²) in [5.74, 6) is -1.23. The zero-order valence-electron chi connectivity index (χ0n) is 11.1. The second-order valence-corrected chi connectivity index (χ2v) is 4.90. The molecule has 1 aromatic heterocycles. The van der Waals surface area contributed by atoms with Gasteiger partial charge in [-0.05, 0) is 25.0 Å². The van der Waals surface area contributed by atoms with E-state index in [1.54, 1.807) is 24.3 Å². The summed E-state index contributed by atoms with van der Waals surface area (Å²) in [6.45, 7) is -0.401. The van der Waals surface area contributed by atoms with E-state index in [4.69, 9.17) is 9.15 Å². The van der Waals surface area contributed by atoms with Crippen molar-refractivity contribution < 1.29 is 18.7 Å². The predicted molar refractivity (Wildman–Crippen MR) is 73.9 cm³/mol. The molecule has 0 unspecified atom stereocenters. The monoisotopic (exact) mass is 287 g/mol. The molecule has 0 bridgehead atoms. The van der Waals surface area contributed by atoms with Crippen LogP contribution in [0.3, 0.4) is 0 Å². The van der Waals surface area contributed by atoms with Gasteiger partial charge in [0.2, 0.25) is 0 Å². The fraction of sp³-hybridized carbons (Fsp3) is 0.267. The Hall–Kier alpha value is -2.63. The molecule has 0 radical (unpaired) electrons. The van der Waals surface area contributed by atoms with E-state index in [0.717, 1.165) is 12.8 Å². The highest BCUT2D eigenvalue weighted by Crippen LogP contribution is 2.18. The Morgan fingerprint density at radius 3 is 2.81 bits per heavy atom. The summed E-state index contributed by atoms with van der Waals surface area (Å²) in [5, 5.41) is 3.30. The van der Waals surface area contributed by atoms with E-state index in [1.165, 1.54) is 6.07 Å². The van der Waals surface area contributed by atoms with Gasteiger partial charge in [-0.15, -0.1) is 0 Å².